The number of ether oxygens (including phenoxy) is 1. The number of primary amides is 1. The van der Waals surface area contributed by atoms with E-state index in [1.807, 2.05) is 25.7 Å². The molecule has 5 rings (SSSR count). The molecule has 2 aromatic carbocycles. The van der Waals surface area contributed by atoms with Gasteiger partial charge in [-0.25, -0.2) is 4.39 Å². The predicted octanol–water partition coefficient (Wildman–Crippen LogP) is 3.56. The van der Waals surface area contributed by atoms with Gasteiger partial charge < -0.3 is 20.9 Å². The first-order valence-electron chi connectivity index (χ1n) is 13.8. The SMILES string of the molecule is CC(C)(C)CC1N(C(CC(N)=O)N2CCOCC2)C(C(=O)O)C(c2cccc(Cl)c2F)C12C(=O)Nc1ccccc12. The van der Waals surface area contributed by atoms with E-state index in [2.05, 4.69) is 5.32 Å². The van der Waals surface area contributed by atoms with Crippen LogP contribution in [0.25, 0.3) is 0 Å². The summed E-state index contributed by atoms with van der Waals surface area (Å²) in [5, 5.41) is 13.8. The molecule has 220 valence electrons. The van der Waals surface area contributed by atoms with Gasteiger partial charge in [-0.05, 0) is 35.1 Å². The maximum atomic E-state index is 16.0. The minimum absolute atomic E-state index is 0.0398. The molecule has 3 aliphatic rings. The number of rotatable bonds is 7. The summed E-state index contributed by atoms with van der Waals surface area (Å²) in [7, 11) is 0. The van der Waals surface area contributed by atoms with Crippen LogP contribution in [0.1, 0.15) is 50.7 Å². The lowest BCUT2D eigenvalue weighted by Gasteiger charge is -2.46. The van der Waals surface area contributed by atoms with Gasteiger partial charge in [-0.2, -0.15) is 0 Å². The smallest absolute Gasteiger partial charge is 0.321 e. The molecule has 2 saturated heterocycles. The van der Waals surface area contributed by atoms with Crippen molar-refractivity contribution in [3.05, 3.63) is 64.4 Å². The summed E-state index contributed by atoms with van der Waals surface area (Å²) < 4.78 is 21.6. The maximum absolute atomic E-state index is 16.0. The zero-order chi connectivity index (χ0) is 29.7. The number of carboxylic acids is 1. The fourth-order valence-electron chi connectivity index (χ4n) is 7.16. The summed E-state index contributed by atoms with van der Waals surface area (Å²) in [4.78, 5) is 44.2. The van der Waals surface area contributed by atoms with Crippen molar-refractivity contribution in [1.29, 1.82) is 0 Å². The molecular formula is C30H36ClFN4O5. The molecule has 3 aliphatic heterocycles. The molecule has 11 heteroatoms. The first-order chi connectivity index (χ1) is 19.4. The number of carbonyl (C=O) groups is 3. The van der Waals surface area contributed by atoms with E-state index in [1.165, 1.54) is 12.1 Å². The van der Waals surface area contributed by atoms with Crippen molar-refractivity contribution in [3.8, 4) is 0 Å². The highest BCUT2D eigenvalue weighted by molar-refractivity contribution is 6.30. The van der Waals surface area contributed by atoms with E-state index in [1.54, 1.807) is 35.2 Å². The monoisotopic (exact) mass is 586 g/mol. The number of morpholine rings is 1. The number of amides is 2. The van der Waals surface area contributed by atoms with Crippen molar-refractivity contribution >= 4 is 35.1 Å². The summed E-state index contributed by atoms with van der Waals surface area (Å²) in [6.45, 7) is 7.71. The van der Waals surface area contributed by atoms with E-state index in [0.717, 1.165) is 0 Å². The molecule has 0 radical (unpaired) electrons. The summed E-state index contributed by atoms with van der Waals surface area (Å²) >= 11 is 6.26. The lowest BCUT2D eigenvalue weighted by atomic mass is 9.62. The van der Waals surface area contributed by atoms with Crippen molar-refractivity contribution in [2.75, 3.05) is 31.6 Å². The first kappa shape index (κ1) is 29.4. The van der Waals surface area contributed by atoms with Crippen LogP contribution in [0.3, 0.4) is 0 Å². The fraction of sp³-hybridized carbons (Fsp3) is 0.500. The molecule has 0 aliphatic carbocycles. The molecule has 5 unspecified atom stereocenters. The summed E-state index contributed by atoms with van der Waals surface area (Å²) in [5.41, 5.74) is 5.05. The molecule has 2 fully saturated rings. The second-order valence-electron chi connectivity index (χ2n) is 12.3. The van der Waals surface area contributed by atoms with Crippen LogP contribution in [0.2, 0.25) is 5.02 Å². The van der Waals surface area contributed by atoms with Gasteiger partial charge in [0.2, 0.25) is 11.8 Å². The van der Waals surface area contributed by atoms with Crippen LogP contribution < -0.4 is 11.1 Å². The van der Waals surface area contributed by atoms with Gasteiger partial charge in [-0.3, -0.25) is 24.2 Å². The normalized spacial score (nSPS) is 27.5. The molecule has 2 aromatic rings. The summed E-state index contributed by atoms with van der Waals surface area (Å²) in [6, 6.07) is 9.49. The van der Waals surface area contributed by atoms with Crippen molar-refractivity contribution in [3.63, 3.8) is 0 Å². The van der Waals surface area contributed by atoms with Gasteiger partial charge in [-0.15, -0.1) is 0 Å². The summed E-state index contributed by atoms with van der Waals surface area (Å²) in [5.74, 6) is -4.19. The number of carboxylic acid groups (broad SMARTS) is 1. The molecule has 0 bridgehead atoms. The van der Waals surface area contributed by atoms with Gasteiger partial charge in [0.15, 0.2) is 0 Å². The number of anilines is 1. The number of nitrogens with zero attached hydrogens (tertiary/aromatic N) is 2. The third kappa shape index (κ3) is 5.01. The number of likely N-dealkylation sites (tertiary alicyclic amines) is 1. The number of hydrogen-bond donors (Lipinski definition) is 3. The number of fused-ring (bicyclic) bond motifs is 2. The van der Waals surface area contributed by atoms with Gasteiger partial charge in [0.1, 0.15) is 17.3 Å². The number of aliphatic carboxylic acids is 1. The Balaban J connectivity index is 1.86. The second-order valence-corrected chi connectivity index (χ2v) is 12.7. The number of nitrogens with one attached hydrogen (secondary N) is 1. The Morgan fingerprint density at radius 2 is 1.88 bits per heavy atom. The lowest BCUT2D eigenvalue weighted by Crippen LogP contribution is -2.61. The van der Waals surface area contributed by atoms with Crippen molar-refractivity contribution in [1.82, 2.24) is 9.80 Å². The number of carbonyl (C=O) groups excluding carboxylic acids is 2. The van der Waals surface area contributed by atoms with Gasteiger partial charge in [0.25, 0.3) is 0 Å². The van der Waals surface area contributed by atoms with Crippen LogP contribution in [0.4, 0.5) is 10.1 Å². The molecule has 0 saturated carbocycles. The Morgan fingerprint density at radius 1 is 1.20 bits per heavy atom. The Labute approximate surface area is 243 Å². The zero-order valence-electron chi connectivity index (χ0n) is 23.4. The third-order valence-electron chi connectivity index (χ3n) is 8.58. The van der Waals surface area contributed by atoms with Gasteiger partial charge in [0.05, 0.1) is 30.8 Å². The van der Waals surface area contributed by atoms with Crippen LogP contribution in [-0.2, 0) is 24.5 Å². The molecule has 41 heavy (non-hydrogen) atoms. The molecule has 0 aromatic heterocycles. The Morgan fingerprint density at radius 3 is 2.51 bits per heavy atom. The van der Waals surface area contributed by atoms with Gasteiger partial charge in [0, 0.05) is 30.7 Å². The first-order valence-corrected chi connectivity index (χ1v) is 14.2. The van der Waals surface area contributed by atoms with E-state index in [0.29, 0.717) is 44.0 Å². The zero-order valence-corrected chi connectivity index (χ0v) is 24.2. The maximum Gasteiger partial charge on any atom is 0.321 e. The van der Waals surface area contributed by atoms with Crippen LogP contribution in [0.5, 0.6) is 0 Å². The standard InChI is InChI=1S/C30H36ClFN4O5/c1-29(2,3)16-21-30(18-8-4-5-10-20(18)34-28(30)40)24(17-7-6-9-19(31)25(17)32)26(27(38)39)36(21)23(15-22(33)37)35-11-13-41-14-12-35/h4-10,21,23-24,26H,11-16H2,1-3H3,(H2,33,37)(H,34,40)(H,38,39). The highest BCUT2D eigenvalue weighted by Crippen LogP contribution is 2.61. The Kier molecular flexibility index (Phi) is 7.88. The van der Waals surface area contributed by atoms with E-state index >= 15 is 4.39 Å². The topological polar surface area (TPSA) is 125 Å². The molecule has 1 spiro atoms. The van der Waals surface area contributed by atoms with Crippen LogP contribution in [0, 0.1) is 11.2 Å². The molecule has 9 nitrogen and oxygen atoms in total. The lowest BCUT2D eigenvalue weighted by molar-refractivity contribution is -0.149. The van der Waals surface area contributed by atoms with Crippen LogP contribution >= 0.6 is 11.6 Å². The quantitative estimate of drug-likeness (QED) is 0.453. The van der Waals surface area contributed by atoms with Crippen molar-refractivity contribution in [2.24, 2.45) is 11.1 Å². The highest BCUT2D eigenvalue weighted by Gasteiger charge is 2.70. The molecule has 2 amide bonds. The highest BCUT2D eigenvalue weighted by atomic mass is 35.5. The third-order valence-corrected chi connectivity index (χ3v) is 8.87. The van der Waals surface area contributed by atoms with Crippen LogP contribution in [0.15, 0.2) is 42.5 Å². The number of benzene rings is 2. The number of para-hydroxylation sites is 1. The van der Waals surface area contributed by atoms with Gasteiger partial charge >= 0.3 is 5.97 Å². The van der Waals surface area contributed by atoms with Crippen molar-refractivity contribution < 1.29 is 28.6 Å². The second kappa shape index (κ2) is 11.0. The van der Waals surface area contributed by atoms with E-state index in [-0.39, 0.29) is 22.4 Å². The summed E-state index contributed by atoms with van der Waals surface area (Å²) in [6.07, 6.45) is -0.569. The average Bonchev–Trinajstić information content (AvgIpc) is 3.36. The Hall–Kier alpha value is -3.05. The number of hydrogen-bond acceptors (Lipinski definition) is 6. The largest absolute Gasteiger partial charge is 0.480 e. The van der Waals surface area contributed by atoms with E-state index < -0.39 is 53.2 Å². The molecule has 5 atom stereocenters. The molecular weight excluding hydrogens is 551 g/mol. The van der Waals surface area contributed by atoms with Crippen molar-refractivity contribution in [2.45, 2.75) is 63.2 Å². The minimum atomic E-state index is -1.51. The Bertz CT molecular complexity index is 1360. The molecule has 3 heterocycles. The predicted molar refractivity (Wildman–Crippen MR) is 152 cm³/mol. The van der Waals surface area contributed by atoms with Crippen LogP contribution in [-0.4, -0.2) is 77.2 Å². The minimum Gasteiger partial charge on any atom is -0.480 e. The van der Waals surface area contributed by atoms with E-state index in [4.69, 9.17) is 22.1 Å². The number of nitrogens with two attached hydrogens (primary N) is 1. The number of halogens is 2. The molecule has 4 N–H and O–H groups in total. The van der Waals surface area contributed by atoms with E-state index in [9.17, 15) is 19.5 Å². The average molecular weight is 587 g/mol. The fourth-order valence-corrected chi connectivity index (χ4v) is 7.34. The van der Waals surface area contributed by atoms with Gasteiger partial charge in [-0.1, -0.05) is 62.7 Å².